The lowest BCUT2D eigenvalue weighted by Gasteiger charge is -2.17. The van der Waals surface area contributed by atoms with Crippen LogP contribution in [0.15, 0.2) is 17.0 Å². The van der Waals surface area contributed by atoms with Gasteiger partial charge in [0.15, 0.2) is 0 Å². The largest absolute Gasteiger partial charge is 0.398 e. The SMILES string of the molecule is COCCN(C)CCNS(=O)(=O)c1cc(C)c(C)cc1N. The molecule has 3 N–H and O–H groups in total. The highest BCUT2D eigenvalue weighted by Gasteiger charge is 2.18. The van der Waals surface area contributed by atoms with Crippen LogP contribution in [0.4, 0.5) is 5.69 Å². The second-order valence-electron chi connectivity index (χ2n) is 5.17. The van der Waals surface area contributed by atoms with Crippen molar-refractivity contribution in [2.45, 2.75) is 18.7 Å². The number of hydrogen-bond donors (Lipinski definition) is 2. The summed E-state index contributed by atoms with van der Waals surface area (Å²) in [7, 11) is -0.0270. The highest BCUT2D eigenvalue weighted by atomic mass is 32.2. The topological polar surface area (TPSA) is 84.7 Å². The molecule has 120 valence electrons. The summed E-state index contributed by atoms with van der Waals surface area (Å²) in [5, 5.41) is 0. The minimum atomic E-state index is -3.58. The molecule has 0 amide bonds. The third-order valence-electron chi connectivity index (χ3n) is 3.38. The van der Waals surface area contributed by atoms with Gasteiger partial charge < -0.3 is 15.4 Å². The molecule has 0 saturated heterocycles. The Morgan fingerprint density at radius 2 is 1.86 bits per heavy atom. The van der Waals surface area contributed by atoms with Crippen molar-refractivity contribution in [2.24, 2.45) is 0 Å². The Morgan fingerprint density at radius 3 is 2.48 bits per heavy atom. The van der Waals surface area contributed by atoms with Crippen LogP contribution in [-0.2, 0) is 14.8 Å². The number of nitrogens with one attached hydrogen (secondary N) is 1. The van der Waals surface area contributed by atoms with Crippen LogP contribution in [0.5, 0.6) is 0 Å². The lowest BCUT2D eigenvalue weighted by Crippen LogP contribution is -2.34. The van der Waals surface area contributed by atoms with Gasteiger partial charge in [-0.25, -0.2) is 13.1 Å². The molecule has 0 spiro atoms. The summed E-state index contributed by atoms with van der Waals surface area (Å²) < 4.78 is 32.1. The minimum Gasteiger partial charge on any atom is -0.398 e. The number of benzene rings is 1. The highest BCUT2D eigenvalue weighted by Crippen LogP contribution is 2.22. The molecule has 1 aromatic rings. The number of anilines is 1. The van der Waals surface area contributed by atoms with Crippen LogP contribution in [0, 0.1) is 13.8 Å². The molecule has 0 aromatic heterocycles. The molecule has 0 unspecified atom stereocenters. The molecule has 0 saturated carbocycles. The zero-order valence-corrected chi connectivity index (χ0v) is 14.0. The molecule has 0 aliphatic heterocycles. The standard InChI is InChI=1S/C14H25N3O3S/c1-11-9-13(15)14(10-12(11)2)21(18,19)16-5-6-17(3)7-8-20-4/h9-10,16H,5-8,15H2,1-4H3. The fraction of sp³-hybridized carbons (Fsp3) is 0.571. The van der Waals surface area contributed by atoms with E-state index in [0.29, 0.717) is 19.7 Å². The van der Waals surface area contributed by atoms with E-state index in [9.17, 15) is 8.42 Å². The van der Waals surface area contributed by atoms with Crippen molar-refractivity contribution < 1.29 is 13.2 Å². The Hall–Kier alpha value is -1.15. The second kappa shape index (κ2) is 7.74. The number of ether oxygens (including phenoxy) is 1. The Morgan fingerprint density at radius 1 is 1.24 bits per heavy atom. The van der Waals surface area contributed by atoms with Crippen molar-refractivity contribution in [2.75, 3.05) is 46.1 Å². The van der Waals surface area contributed by atoms with Crippen molar-refractivity contribution in [3.05, 3.63) is 23.3 Å². The first-order valence-corrected chi connectivity index (χ1v) is 8.30. The lowest BCUT2D eigenvalue weighted by molar-refractivity contribution is 0.162. The summed E-state index contributed by atoms with van der Waals surface area (Å²) in [6, 6.07) is 3.30. The molecular formula is C14H25N3O3S. The normalized spacial score (nSPS) is 12.0. The van der Waals surface area contributed by atoms with Gasteiger partial charge in [0.2, 0.25) is 10.0 Å². The monoisotopic (exact) mass is 315 g/mol. The number of hydrogen-bond acceptors (Lipinski definition) is 5. The number of likely N-dealkylation sites (N-methyl/N-ethyl adjacent to an activating group) is 1. The molecule has 7 heteroatoms. The molecule has 0 fully saturated rings. The van der Waals surface area contributed by atoms with Gasteiger partial charge in [-0.15, -0.1) is 0 Å². The number of methoxy groups -OCH3 is 1. The molecule has 6 nitrogen and oxygen atoms in total. The molecular weight excluding hydrogens is 290 g/mol. The first kappa shape index (κ1) is 17.9. The average molecular weight is 315 g/mol. The second-order valence-corrected chi connectivity index (χ2v) is 6.90. The number of sulfonamides is 1. The van der Waals surface area contributed by atoms with E-state index in [1.54, 1.807) is 19.2 Å². The molecule has 1 rings (SSSR count). The maximum absolute atomic E-state index is 12.3. The highest BCUT2D eigenvalue weighted by molar-refractivity contribution is 7.89. The molecule has 1 aromatic carbocycles. The Kier molecular flexibility index (Phi) is 6.60. The zero-order valence-electron chi connectivity index (χ0n) is 13.1. The molecule has 0 aliphatic rings. The number of rotatable bonds is 8. The molecule has 21 heavy (non-hydrogen) atoms. The van der Waals surface area contributed by atoms with Crippen LogP contribution in [0.1, 0.15) is 11.1 Å². The summed E-state index contributed by atoms with van der Waals surface area (Å²) in [6.45, 7) is 6.08. The Labute approximate surface area is 127 Å². The first-order chi connectivity index (χ1) is 9.77. The van der Waals surface area contributed by atoms with E-state index >= 15 is 0 Å². The predicted octanol–water partition coefficient (Wildman–Crippen LogP) is 0.742. The predicted molar refractivity (Wildman–Crippen MR) is 84.9 cm³/mol. The van der Waals surface area contributed by atoms with E-state index in [4.69, 9.17) is 10.5 Å². The van der Waals surface area contributed by atoms with Gasteiger partial charge in [0.1, 0.15) is 4.90 Å². The van der Waals surface area contributed by atoms with Crippen LogP contribution >= 0.6 is 0 Å². The average Bonchev–Trinajstić information content (AvgIpc) is 2.40. The van der Waals surface area contributed by atoms with E-state index in [0.717, 1.165) is 17.7 Å². The maximum Gasteiger partial charge on any atom is 0.242 e. The quantitative estimate of drug-likeness (QED) is 0.691. The first-order valence-electron chi connectivity index (χ1n) is 6.82. The van der Waals surface area contributed by atoms with Gasteiger partial charge in [-0.2, -0.15) is 0 Å². The molecule has 0 atom stereocenters. The van der Waals surface area contributed by atoms with Gasteiger partial charge in [-0.3, -0.25) is 0 Å². The maximum atomic E-state index is 12.3. The van der Waals surface area contributed by atoms with Crippen molar-refractivity contribution in [1.82, 2.24) is 9.62 Å². The summed E-state index contributed by atoms with van der Waals surface area (Å²) in [5.74, 6) is 0. The van der Waals surface area contributed by atoms with Gasteiger partial charge in [-0.1, -0.05) is 0 Å². The summed E-state index contributed by atoms with van der Waals surface area (Å²) in [4.78, 5) is 2.14. The van der Waals surface area contributed by atoms with Crippen LogP contribution < -0.4 is 10.5 Å². The lowest BCUT2D eigenvalue weighted by atomic mass is 10.1. The van der Waals surface area contributed by atoms with Crippen molar-refractivity contribution in [3.8, 4) is 0 Å². The minimum absolute atomic E-state index is 0.144. The number of aryl methyl sites for hydroxylation is 2. The third kappa shape index (κ3) is 5.28. The Bertz CT molecular complexity index is 573. The molecule has 0 bridgehead atoms. The van der Waals surface area contributed by atoms with Crippen molar-refractivity contribution >= 4 is 15.7 Å². The summed E-state index contributed by atoms with van der Waals surface area (Å²) in [5.41, 5.74) is 7.99. The summed E-state index contributed by atoms with van der Waals surface area (Å²) in [6.07, 6.45) is 0. The number of nitrogen functional groups attached to an aromatic ring is 1. The molecule has 0 radical (unpaired) electrons. The van der Waals surface area contributed by atoms with Crippen molar-refractivity contribution in [3.63, 3.8) is 0 Å². The van der Waals surface area contributed by atoms with Crippen LogP contribution in [0.3, 0.4) is 0 Å². The van der Waals surface area contributed by atoms with Gasteiger partial charge in [0, 0.05) is 26.7 Å². The molecule has 0 heterocycles. The fourth-order valence-electron chi connectivity index (χ4n) is 1.85. The fourth-order valence-corrected chi connectivity index (χ4v) is 3.07. The van der Waals surface area contributed by atoms with Gasteiger partial charge >= 0.3 is 0 Å². The van der Waals surface area contributed by atoms with Crippen LogP contribution in [0.25, 0.3) is 0 Å². The van der Waals surface area contributed by atoms with E-state index in [-0.39, 0.29) is 10.6 Å². The van der Waals surface area contributed by atoms with Crippen LogP contribution in [0.2, 0.25) is 0 Å². The van der Waals surface area contributed by atoms with E-state index < -0.39 is 10.0 Å². The van der Waals surface area contributed by atoms with Gasteiger partial charge in [0.25, 0.3) is 0 Å². The van der Waals surface area contributed by atoms with Crippen molar-refractivity contribution in [1.29, 1.82) is 0 Å². The molecule has 0 aliphatic carbocycles. The Balaban J connectivity index is 2.68. The number of nitrogens with two attached hydrogens (primary N) is 1. The van der Waals surface area contributed by atoms with E-state index in [1.165, 1.54) is 0 Å². The summed E-state index contributed by atoms with van der Waals surface area (Å²) >= 11 is 0. The zero-order chi connectivity index (χ0) is 16.0. The van der Waals surface area contributed by atoms with E-state index in [1.807, 2.05) is 25.8 Å². The van der Waals surface area contributed by atoms with E-state index in [2.05, 4.69) is 4.72 Å². The third-order valence-corrected chi connectivity index (χ3v) is 4.90. The van der Waals surface area contributed by atoms with Gasteiger partial charge in [0.05, 0.1) is 12.3 Å². The smallest absolute Gasteiger partial charge is 0.242 e. The number of nitrogens with zero attached hydrogens (tertiary/aromatic N) is 1. The van der Waals surface area contributed by atoms with Crippen LogP contribution in [-0.4, -0.2) is 53.7 Å². The van der Waals surface area contributed by atoms with Gasteiger partial charge in [-0.05, 0) is 44.2 Å².